The number of carbonyl (C=O) groups is 1. The van der Waals surface area contributed by atoms with Gasteiger partial charge in [-0.05, 0) is 55.7 Å². The van der Waals surface area contributed by atoms with Gasteiger partial charge in [0.15, 0.2) is 0 Å². The van der Waals surface area contributed by atoms with Crippen LogP contribution < -0.4 is 10.1 Å². The topological polar surface area (TPSA) is 88.6 Å². The number of aromatic nitrogens is 1. The molecule has 1 aromatic heterocycles. The van der Waals surface area contributed by atoms with Gasteiger partial charge in [0, 0.05) is 19.3 Å². The van der Waals surface area contributed by atoms with Crippen LogP contribution in [0.25, 0.3) is 0 Å². The fraction of sp³-hybridized carbons (Fsp3) is 0.400. The summed E-state index contributed by atoms with van der Waals surface area (Å²) in [4.78, 5) is 16.9. The zero-order chi connectivity index (χ0) is 20.1. The summed E-state index contributed by atoms with van der Waals surface area (Å²) >= 11 is 0. The number of piperidine rings is 1. The van der Waals surface area contributed by atoms with E-state index in [9.17, 15) is 13.2 Å². The molecular weight excluding hydrogens is 378 g/mol. The summed E-state index contributed by atoms with van der Waals surface area (Å²) in [5, 5.41) is 2.87. The highest BCUT2D eigenvalue weighted by Gasteiger charge is 2.33. The van der Waals surface area contributed by atoms with Gasteiger partial charge in [-0.1, -0.05) is 6.07 Å². The summed E-state index contributed by atoms with van der Waals surface area (Å²) in [6.07, 6.45) is 2.99. The number of nitrogens with one attached hydrogen (secondary N) is 1. The second-order valence-electron chi connectivity index (χ2n) is 6.87. The predicted octanol–water partition coefficient (Wildman–Crippen LogP) is 2.12. The van der Waals surface area contributed by atoms with Crippen LogP contribution in [-0.4, -0.2) is 43.8 Å². The average Bonchev–Trinajstić information content (AvgIpc) is 2.72. The van der Waals surface area contributed by atoms with E-state index in [2.05, 4.69) is 10.3 Å². The number of hydrogen-bond acceptors (Lipinski definition) is 5. The maximum Gasteiger partial charge on any atom is 0.243 e. The molecule has 1 atom stereocenters. The summed E-state index contributed by atoms with van der Waals surface area (Å²) in [5.41, 5.74) is 1.52. The number of nitrogens with zero attached hydrogens (tertiary/aromatic N) is 2. The molecule has 8 heteroatoms. The fourth-order valence-electron chi connectivity index (χ4n) is 3.36. The first-order valence-corrected chi connectivity index (χ1v) is 10.7. The van der Waals surface area contributed by atoms with Gasteiger partial charge in [-0.3, -0.25) is 9.78 Å². The minimum absolute atomic E-state index is 0.142. The Bertz CT molecular complexity index is 932. The first kappa shape index (κ1) is 20.3. The number of methoxy groups -OCH3 is 1. The lowest BCUT2D eigenvalue weighted by Gasteiger charge is -2.31. The van der Waals surface area contributed by atoms with Gasteiger partial charge in [-0.15, -0.1) is 0 Å². The van der Waals surface area contributed by atoms with E-state index in [4.69, 9.17) is 4.74 Å². The number of ether oxygens (including phenoxy) is 1. The molecule has 2 aromatic rings. The normalized spacial score (nSPS) is 17.9. The SMILES string of the molecule is COc1ccc(S(=O)(=O)N2CCC[C@@H](C(=O)NCc3ccccn3)C2)cc1C. The van der Waals surface area contributed by atoms with Crippen molar-refractivity contribution in [3.05, 3.63) is 53.9 Å². The van der Waals surface area contributed by atoms with Crippen LogP contribution in [0, 0.1) is 12.8 Å². The molecule has 0 saturated carbocycles. The lowest BCUT2D eigenvalue weighted by Crippen LogP contribution is -2.45. The minimum Gasteiger partial charge on any atom is -0.496 e. The van der Waals surface area contributed by atoms with Crippen molar-refractivity contribution in [1.29, 1.82) is 0 Å². The Morgan fingerprint density at radius 3 is 2.82 bits per heavy atom. The molecule has 1 aliphatic heterocycles. The Morgan fingerprint density at radius 2 is 2.14 bits per heavy atom. The number of aryl methyl sites for hydroxylation is 1. The molecule has 1 amide bonds. The van der Waals surface area contributed by atoms with Crippen LogP contribution in [-0.2, 0) is 21.4 Å². The van der Waals surface area contributed by atoms with Crippen LogP contribution in [0.15, 0.2) is 47.5 Å². The molecule has 1 aromatic carbocycles. The second kappa shape index (κ2) is 8.70. The van der Waals surface area contributed by atoms with Crippen LogP contribution in [0.5, 0.6) is 5.75 Å². The molecule has 150 valence electrons. The van der Waals surface area contributed by atoms with E-state index in [-0.39, 0.29) is 23.3 Å². The van der Waals surface area contributed by atoms with Gasteiger partial charge in [-0.25, -0.2) is 8.42 Å². The van der Waals surface area contributed by atoms with E-state index < -0.39 is 10.0 Å². The van der Waals surface area contributed by atoms with E-state index >= 15 is 0 Å². The zero-order valence-electron chi connectivity index (χ0n) is 16.1. The first-order chi connectivity index (χ1) is 13.4. The molecule has 1 fully saturated rings. The molecule has 0 aliphatic carbocycles. The third-order valence-corrected chi connectivity index (χ3v) is 6.79. The summed E-state index contributed by atoms with van der Waals surface area (Å²) < 4.78 is 32.7. The lowest BCUT2D eigenvalue weighted by molar-refractivity contribution is -0.126. The Labute approximate surface area is 165 Å². The fourth-order valence-corrected chi connectivity index (χ4v) is 4.97. The van der Waals surface area contributed by atoms with E-state index in [0.717, 1.165) is 11.3 Å². The Morgan fingerprint density at radius 1 is 1.32 bits per heavy atom. The highest BCUT2D eigenvalue weighted by atomic mass is 32.2. The standard InChI is InChI=1S/C20H25N3O4S/c1-15-12-18(8-9-19(15)27-2)28(25,26)23-11-5-6-16(14-23)20(24)22-13-17-7-3-4-10-21-17/h3-4,7-10,12,16H,5-6,11,13-14H2,1-2H3,(H,22,24)/t16-/m1/s1. The molecule has 1 N–H and O–H groups in total. The van der Waals surface area contributed by atoms with Gasteiger partial charge in [0.05, 0.1) is 30.2 Å². The highest BCUT2D eigenvalue weighted by molar-refractivity contribution is 7.89. The molecule has 0 spiro atoms. The van der Waals surface area contributed by atoms with Gasteiger partial charge in [-0.2, -0.15) is 4.31 Å². The first-order valence-electron chi connectivity index (χ1n) is 9.24. The second-order valence-corrected chi connectivity index (χ2v) is 8.81. The average molecular weight is 404 g/mol. The number of pyridine rings is 1. The molecule has 1 saturated heterocycles. The highest BCUT2D eigenvalue weighted by Crippen LogP contribution is 2.27. The zero-order valence-corrected chi connectivity index (χ0v) is 16.9. The van der Waals surface area contributed by atoms with Crippen molar-refractivity contribution in [2.75, 3.05) is 20.2 Å². The Balaban J connectivity index is 1.68. The minimum atomic E-state index is -3.66. The van der Waals surface area contributed by atoms with E-state index in [1.54, 1.807) is 31.5 Å². The number of amides is 1. The molecule has 0 unspecified atom stereocenters. The van der Waals surface area contributed by atoms with Gasteiger partial charge >= 0.3 is 0 Å². The van der Waals surface area contributed by atoms with Crippen molar-refractivity contribution in [3.63, 3.8) is 0 Å². The number of rotatable bonds is 6. The van der Waals surface area contributed by atoms with E-state index in [1.807, 2.05) is 25.1 Å². The third-order valence-electron chi connectivity index (χ3n) is 4.93. The quantitative estimate of drug-likeness (QED) is 0.798. The van der Waals surface area contributed by atoms with Crippen LogP contribution >= 0.6 is 0 Å². The Hall–Kier alpha value is -2.45. The number of hydrogen-bond donors (Lipinski definition) is 1. The molecular formula is C20H25N3O4S. The van der Waals surface area contributed by atoms with Crippen molar-refractivity contribution in [2.24, 2.45) is 5.92 Å². The number of benzene rings is 1. The monoisotopic (exact) mass is 403 g/mol. The van der Waals surface area contributed by atoms with Crippen molar-refractivity contribution in [2.45, 2.75) is 31.2 Å². The smallest absolute Gasteiger partial charge is 0.243 e. The lowest BCUT2D eigenvalue weighted by atomic mass is 9.99. The molecule has 2 heterocycles. The van der Waals surface area contributed by atoms with Gasteiger partial charge in [0.2, 0.25) is 15.9 Å². The van der Waals surface area contributed by atoms with Crippen LogP contribution in [0.4, 0.5) is 0 Å². The van der Waals surface area contributed by atoms with Crippen molar-refractivity contribution >= 4 is 15.9 Å². The largest absolute Gasteiger partial charge is 0.496 e. The van der Waals surface area contributed by atoms with E-state index in [0.29, 0.717) is 31.7 Å². The van der Waals surface area contributed by atoms with Crippen molar-refractivity contribution in [1.82, 2.24) is 14.6 Å². The van der Waals surface area contributed by atoms with Crippen LogP contribution in [0.1, 0.15) is 24.1 Å². The number of sulfonamides is 1. The Kier molecular flexibility index (Phi) is 6.31. The predicted molar refractivity (Wildman–Crippen MR) is 105 cm³/mol. The maximum absolute atomic E-state index is 13.0. The number of carbonyl (C=O) groups excluding carboxylic acids is 1. The van der Waals surface area contributed by atoms with Crippen LogP contribution in [0.2, 0.25) is 0 Å². The summed E-state index contributed by atoms with van der Waals surface area (Å²) in [6, 6.07) is 10.3. The molecule has 1 aliphatic rings. The third kappa shape index (κ3) is 4.51. The maximum atomic E-state index is 13.0. The summed E-state index contributed by atoms with van der Waals surface area (Å²) in [7, 11) is -2.11. The van der Waals surface area contributed by atoms with Gasteiger partial charge < -0.3 is 10.1 Å². The van der Waals surface area contributed by atoms with E-state index in [1.165, 1.54) is 4.31 Å². The van der Waals surface area contributed by atoms with Crippen molar-refractivity contribution in [3.8, 4) is 5.75 Å². The molecule has 28 heavy (non-hydrogen) atoms. The van der Waals surface area contributed by atoms with Crippen LogP contribution in [0.3, 0.4) is 0 Å². The van der Waals surface area contributed by atoms with Gasteiger partial charge in [0.25, 0.3) is 0 Å². The molecule has 3 rings (SSSR count). The van der Waals surface area contributed by atoms with Crippen molar-refractivity contribution < 1.29 is 17.9 Å². The molecule has 0 bridgehead atoms. The summed E-state index contributed by atoms with van der Waals surface area (Å²) in [5.74, 6) is 0.132. The van der Waals surface area contributed by atoms with Gasteiger partial charge in [0.1, 0.15) is 5.75 Å². The molecule has 0 radical (unpaired) electrons. The summed E-state index contributed by atoms with van der Waals surface area (Å²) in [6.45, 7) is 2.74. The molecule has 7 nitrogen and oxygen atoms in total.